The van der Waals surface area contributed by atoms with Crippen molar-refractivity contribution in [2.24, 2.45) is 0 Å². The summed E-state index contributed by atoms with van der Waals surface area (Å²) in [5, 5.41) is 6.20. The minimum Gasteiger partial charge on any atom is -0.350 e. The minimum absolute atomic E-state index is 0. The lowest BCUT2D eigenvalue weighted by Crippen LogP contribution is -2.37. The highest BCUT2D eigenvalue weighted by molar-refractivity contribution is 6.07. The Morgan fingerprint density at radius 1 is 1.32 bits per heavy atom. The summed E-state index contributed by atoms with van der Waals surface area (Å²) in [5.41, 5.74) is 0.942. The fraction of sp³-hybridized carbons (Fsp3) is 0.429. The summed E-state index contributed by atoms with van der Waals surface area (Å²) in [6.07, 6.45) is 2.25. The van der Waals surface area contributed by atoms with Crippen LogP contribution in [0.1, 0.15) is 40.5 Å². The van der Waals surface area contributed by atoms with Crippen LogP contribution >= 0.6 is 12.4 Å². The molecule has 1 amide bonds. The number of Topliss-reactive ketones (excluding diaryl/α,β-unsaturated/α-hetero) is 1. The topological polar surface area (TPSA) is 58.2 Å². The number of nitrogens with one attached hydrogen (secondary N) is 2. The molecule has 1 saturated heterocycles. The van der Waals surface area contributed by atoms with E-state index in [1.54, 1.807) is 24.3 Å². The summed E-state index contributed by atoms with van der Waals surface area (Å²) < 4.78 is 0. The summed E-state index contributed by atoms with van der Waals surface area (Å²) >= 11 is 0. The maximum Gasteiger partial charge on any atom is 0.252 e. The number of rotatable bonds is 4. The van der Waals surface area contributed by atoms with E-state index in [9.17, 15) is 9.59 Å². The first kappa shape index (κ1) is 15.7. The summed E-state index contributed by atoms with van der Waals surface area (Å²) in [4.78, 5) is 23.5. The van der Waals surface area contributed by atoms with Gasteiger partial charge in [-0.25, -0.2) is 0 Å². The van der Waals surface area contributed by atoms with Gasteiger partial charge in [0.25, 0.3) is 5.91 Å². The van der Waals surface area contributed by atoms with E-state index in [1.807, 2.05) is 0 Å². The van der Waals surface area contributed by atoms with E-state index in [-0.39, 0.29) is 24.1 Å². The standard InChI is InChI=1S/C14H18N2O2.ClH/c1-10(17)12-6-2-3-7-13(12)14(18)16-9-11-5-4-8-15-11;/h2-3,6-7,11,15H,4-5,8-9H2,1H3,(H,16,18);1H. The van der Waals surface area contributed by atoms with Crippen LogP contribution in [0.25, 0.3) is 0 Å². The van der Waals surface area contributed by atoms with E-state index >= 15 is 0 Å². The molecule has 19 heavy (non-hydrogen) atoms. The number of halogens is 1. The third-order valence-corrected chi connectivity index (χ3v) is 3.22. The van der Waals surface area contributed by atoms with Gasteiger partial charge in [-0.2, -0.15) is 0 Å². The van der Waals surface area contributed by atoms with Gasteiger partial charge >= 0.3 is 0 Å². The van der Waals surface area contributed by atoms with Crippen molar-refractivity contribution in [3.63, 3.8) is 0 Å². The Morgan fingerprint density at radius 3 is 2.58 bits per heavy atom. The second kappa shape index (κ2) is 7.26. The first-order valence-electron chi connectivity index (χ1n) is 6.30. The Bertz CT molecular complexity index is 457. The van der Waals surface area contributed by atoms with E-state index in [2.05, 4.69) is 10.6 Å². The Morgan fingerprint density at radius 2 is 2.00 bits per heavy atom. The smallest absolute Gasteiger partial charge is 0.252 e. The average molecular weight is 283 g/mol. The van der Waals surface area contributed by atoms with Crippen molar-refractivity contribution >= 4 is 24.1 Å². The molecular formula is C14H19ClN2O2. The van der Waals surface area contributed by atoms with Crippen molar-refractivity contribution in [2.75, 3.05) is 13.1 Å². The zero-order valence-electron chi connectivity index (χ0n) is 10.9. The molecule has 2 N–H and O–H groups in total. The average Bonchev–Trinajstić information content (AvgIpc) is 2.89. The van der Waals surface area contributed by atoms with Crippen molar-refractivity contribution in [3.05, 3.63) is 35.4 Å². The van der Waals surface area contributed by atoms with Crippen LogP contribution in [0.2, 0.25) is 0 Å². The number of hydrogen-bond donors (Lipinski definition) is 2. The van der Waals surface area contributed by atoms with Gasteiger partial charge in [0, 0.05) is 18.2 Å². The predicted molar refractivity (Wildman–Crippen MR) is 77.1 cm³/mol. The van der Waals surface area contributed by atoms with Gasteiger partial charge in [0.15, 0.2) is 5.78 Å². The van der Waals surface area contributed by atoms with Crippen LogP contribution in [-0.4, -0.2) is 30.8 Å². The van der Waals surface area contributed by atoms with Gasteiger partial charge in [0.1, 0.15) is 0 Å². The fourth-order valence-corrected chi connectivity index (χ4v) is 2.23. The molecule has 1 fully saturated rings. The summed E-state index contributed by atoms with van der Waals surface area (Å²) in [6.45, 7) is 3.11. The molecule has 0 aliphatic carbocycles. The van der Waals surface area contributed by atoms with Crippen LogP contribution in [0.5, 0.6) is 0 Å². The van der Waals surface area contributed by atoms with E-state index in [1.165, 1.54) is 6.92 Å². The van der Waals surface area contributed by atoms with Gasteiger partial charge in [-0.1, -0.05) is 18.2 Å². The summed E-state index contributed by atoms with van der Waals surface area (Å²) in [5.74, 6) is -0.255. The highest BCUT2D eigenvalue weighted by atomic mass is 35.5. The molecule has 1 heterocycles. The van der Waals surface area contributed by atoms with E-state index in [0.29, 0.717) is 23.7 Å². The number of benzene rings is 1. The molecular weight excluding hydrogens is 264 g/mol. The summed E-state index contributed by atoms with van der Waals surface area (Å²) in [6, 6.07) is 7.28. The number of ketones is 1. The molecule has 2 rings (SSSR count). The Hall–Kier alpha value is -1.39. The molecule has 0 aromatic heterocycles. The first-order chi connectivity index (χ1) is 8.68. The normalized spacial score (nSPS) is 17.6. The molecule has 104 valence electrons. The van der Waals surface area contributed by atoms with Gasteiger partial charge in [-0.3, -0.25) is 9.59 Å². The quantitative estimate of drug-likeness (QED) is 0.828. The van der Waals surface area contributed by atoms with Crippen LogP contribution in [0.4, 0.5) is 0 Å². The number of amides is 1. The molecule has 0 saturated carbocycles. The van der Waals surface area contributed by atoms with E-state index in [0.717, 1.165) is 19.4 Å². The van der Waals surface area contributed by atoms with Gasteiger partial charge in [-0.15, -0.1) is 12.4 Å². The van der Waals surface area contributed by atoms with Crippen molar-refractivity contribution < 1.29 is 9.59 Å². The molecule has 1 aliphatic rings. The Labute approximate surface area is 119 Å². The lowest BCUT2D eigenvalue weighted by atomic mass is 10.0. The zero-order valence-corrected chi connectivity index (χ0v) is 11.8. The lowest BCUT2D eigenvalue weighted by molar-refractivity contribution is 0.0936. The van der Waals surface area contributed by atoms with Crippen LogP contribution in [-0.2, 0) is 0 Å². The SMILES string of the molecule is CC(=O)c1ccccc1C(=O)NCC1CCCN1.Cl. The van der Waals surface area contributed by atoms with Crippen molar-refractivity contribution in [1.29, 1.82) is 0 Å². The highest BCUT2D eigenvalue weighted by Crippen LogP contribution is 2.10. The monoisotopic (exact) mass is 282 g/mol. The third kappa shape index (κ3) is 4.04. The Kier molecular flexibility index (Phi) is 5.99. The minimum atomic E-state index is -0.172. The molecule has 1 aliphatic heterocycles. The van der Waals surface area contributed by atoms with Gasteiger partial charge in [0.2, 0.25) is 0 Å². The molecule has 0 radical (unpaired) electrons. The second-order valence-corrected chi connectivity index (χ2v) is 4.61. The van der Waals surface area contributed by atoms with Gasteiger partial charge in [-0.05, 0) is 32.4 Å². The fourth-order valence-electron chi connectivity index (χ4n) is 2.23. The zero-order chi connectivity index (χ0) is 13.0. The van der Waals surface area contributed by atoms with Gasteiger partial charge < -0.3 is 10.6 Å². The predicted octanol–water partition coefficient (Wildman–Crippen LogP) is 1.79. The molecule has 1 atom stereocenters. The Balaban J connectivity index is 0.00000180. The second-order valence-electron chi connectivity index (χ2n) is 4.61. The van der Waals surface area contributed by atoms with Gasteiger partial charge in [0.05, 0.1) is 5.56 Å². The molecule has 0 spiro atoms. The maximum atomic E-state index is 12.0. The lowest BCUT2D eigenvalue weighted by Gasteiger charge is -2.12. The molecule has 1 unspecified atom stereocenters. The molecule has 0 bridgehead atoms. The number of carbonyl (C=O) groups is 2. The van der Waals surface area contributed by atoms with E-state index in [4.69, 9.17) is 0 Å². The van der Waals surface area contributed by atoms with Crippen LogP contribution < -0.4 is 10.6 Å². The van der Waals surface area contributed by atoms with Crippen LogP contribution in [0.15, 0.2) is 24.3 Å². The number of carbonyl (C=O) groups excluding carboxylic acids is 2. The third-order valence-electron chi connectivity index (χ3n) is 3.22. The largest absolute Gasteiger partial charge is 0.350 e. The highest BCUT2D eigenvalue weighted by Gasteiger charge is 2.17. The molecule has 1 aromatic carbocycles. The van der Waals surface area contributed by atoms with Crippen molar-refractivity contribution in [1.82, 2.24) is 10.6 Å². The number of hydrogen-bond acceptors (Lipinski definition) is 3. The molecule has 5 heteroatoms. The van der Waals surface area contributed by atoms with Crippen LogP contribution in [0, 0.1) is 0 Å². The molecule has 4 nitrogen and oxygen atoms in total. The first-order valence-corrected chi connectivity index (χ1v) is 6.30. The maximum absolute atomic E-state index is 12.0. The van der Waals surface area contributed by atoms with E-state index < -0.39 is 0 Å². The summed E-state index contributed by atoms with van der Waals surface area (Å²) in [7, 11) is 0. The van der Waals surface area contributed by atoms with Crippen molar-refractivity contribution in [2.45, 2.75) is 25.8 Å². The van der Waals surface area contributed by atoms with Crippen LogP contribution in [0.3, 0.4) is 0 Å². The van der Waals surface area contributed by atoms with Crippen molar-refractivity contribution in [3.8, 4) is 0 Å². The molecule has 1 aromatic rings.